The van der Waals surface area contributed by atoms with E-state index in [1.807, 2.05) is 13.0 Å². The third-order valence-electron chi connectivity index (χ3n) is 4.45. The Kier molecular flexibility index (Phi) is 3.20. The second-order valence-corrected chi connectivity index (χ2v) is 6.11. The maximum absolute atomic E-state index is 11.4. The molecule has 2 aromatic rings. The molecule has 2 aliphatic heterocycles. The molecule has 7 heteroatoms. The fourth-order valence-electron chi connectivity index (χ4n) is 3.18. The van der Waals surface area contributed by atoms with Crippen molar-refractivity contribution in [1.82, 2.24) is 0 Å². The van der Waals surface area contributed by atoms with Gasteiger partial charge in [0.25, 0.3) is 0 Å². The van der Waals surface area contributed by atoms with Crippen LogP contribution in [-0.4, -0.2) is 31.1 Å². The molecule has 2 saturated heterocycles. The van der Waals surface area contributed by atoms with Crippen LogP contribution < -0.4 is 10.4 Å². The Labute approximate surface area is 137 Å². The molecule has 0 radical (unpaired) electrons. The highest BCUT2D eigenvalue weighted by molar-refractivity contribution is 5.79. The van der Waals surface area contributed by atoms with Crippen molar-refractivity contribution in [3.63, 3.8) is 0 Å². The SMILES string of the molecule is COc1cc2oc(=O)ccc2cc1C1OC(OC(C)=O)C2(C)OC12. The van der Waals surface area contributed by atoms with E-state index in [4.69, 9.17) is 23.4 Å². The highest BCUT2D eigenvalue weighted by atomic mass is 16.8. The first-order valence-corrected chi connectivity index (χ1v) is 7.54. The first kappa shape index (κ1) is 15.2. The van der Waals surface area contributed by atoms with Crippen LogP contribution in [0.5, 0.6) is 5.75 Å². The van der Waals surface area contributed by atoms with Gasteiger partial charge in [-0.2, -0.15) is 0 Å². The minimum Gasteiger partial charge on any atom is -0.496 e. The van der Waals surface area contributed by atoms with E-state index >= 15 is 0 Å². The summed E-state index contributed by atoms with van der Waals surface area (Å²) in [6, 6.07) is 6.51. The standard InChI is InChI=1S/C17H16O7/c1-8(18)21-16-17(2)15(24-17)14(23-16)10-6-9-4-5-13(19)22-11(9)7-12(10)20-3/h4-7,14-16H,1-3H3. The van der Waals surface area contributed by atoms with Crippen LogP contribution in [0.15, 0.2) is 33.5 Å². The van der Waals surface area contributed by atoms with Crippen molar-refractivity contribution in [1.29, 1.82) is 0 Å². The average Bonchev–Trinajstić information content (AvgIpc) is 3.15. The van der Waals surface area contributed by atoms with Crippen LogP contribution in [0.3, 0.4) is 0 Å². The highest BCUT2D eigenvalue weighted by Gasteiger charge is 2.70. The van der Waals surface area contributed by atoms with Gasteiger partial charge in [-0.1, -0.05) is 0 Å². The van der Waals surface area contributed by atoms with Gasteiger partial charge in [-0.15, -0.1) is 0 Å². The van der Waals surface area contributed by atoms with E-state index in [-0.39, 0.29) is 6.10 Å². The van der Waals surface area contributed by atoms with E-state index in [9.17, 15) is 9.59 Å². The molecule has 4 rings (SSSR count). The van der Waals surface area contributed by atoms with Crippen molar-refractivity contribution in [2.75, 3.05) is 7.11 Å². The molecule has 1 aromatic carbocycles. The minimum atomic E-state index is -0.765. The number of fused-ring (bicyclic) bond motifs is 2. The van der Waals surface area contributed by atoms with Gasteiger partial charge in [0, 0.05) is 30.0 Å². The molecule has 0 amide bonds. The summed E-state index contributed by atoms with van der Waals surface area (Å²) in [5.74, 6) is 0.0894. The van der Waals surface area contributed by atoms with Crippen molar-refractivity contribution >= 4 is 16.9 Å². The van der Waals surface area contributed by atoms with Crippen LogP contribution in [0.4, 0.5) is 0 Å². The molecule has 0 N–H and O–H groups in total. The fourth-order valence-corrected chi connectivity index (χ4v) is 3.18. The van der Waals surface area contributed by atoms with Crippen molar-refractivity contribution in [2.24, 2.45) is 0 Å². The van der Waals surface area contributed by atoms with Crippen molar-refractivity contribution in [3.8, 4) is 5.75 Å². The second-order valence-electron chi connectivity index (χ2n) is 6.11. The summed E-state index contributed by atoms with van der Waals surface area (Å²) < 4.78 is 27.4. The third kappa shape index (κ3) is 2.20. The quantitative estimate of drug-likeness (QED) is 0.482. The minimum absolute atomic E-state index is 0.232. The Morgan fingerprint density at radius 1 is 1.29 bits per heavy atom. The van der Waals surface area contributed by atoms with E-state index in [2.05, 4.69) is 0 Å². The lowest BCUT2D eigenvalue weighted by atomic mass is 9.99. The molecule has 2 aliphatic rings. The average molecular weight is 332 g/mol. The fraction of sp³-hybridized carbons (Fsp3) is 0.412. The molecular formula is C17H16O7. The zero-order valence-corrected chi connectivity index (χ0v) is 13.4. The Balaban J connectivity index is 1.75. The Bertz CT molecular complexity index is 886. The number of hydrogen-bond acceptors (Lipinski definition) is 7. The van der Waals surface area contributed by atoms with Crippen LogP contribution in [0.25, 0.3) is 11.0 Å². The number of rotatable bonds is 3. The number of hydrogen-bond donors (Lipinski definition) is 0. The van der Waals surface area contributed by atoms with Crippen molar-refractivity contribution in [3.05, 3.63) is 40.2 Å². The van der Waals surface area contributed by atoms with Crippen LogP contribution >= 0.6 is 0 Å². The van der Waals surface area contributed by atoms with Crippen LogP contribution in [0, 0.1) is 0 Å². The lowest BCUT2D eigenvalue weighted by molar-refractivity contribution is -0.199. The second kappa shape index (κ2) is 5.06. The number of carbonyl (C=O) groups is 1. The van der Waals surface area contributed by atoms with Gasteiger partial charge in [0.05, 0.1) is 7.11 Å². The van der Waals surface area contributed by atoms with Crippen molar-refractivity contribution < 1.29 is 28.2 Å². The van der Waals surface area contributed by atoms with Gasteiger partial charge >= 0.3 is 11.6 Å². The molecule has 1 aromatic heterocycles. The van der Waals surface area contributed by atoms with E-state index in [0.29, 0.717) is 11.3 Å². The summed E-state index contributed by atoms with van der Waals surface area (Å²) in [6.07, 6.45) is -1.44. The summed E-state index contributed by atoms with van der Waals surface area (Å²) in [5, 5.41) is 0.743. The van der Waals surface area contributed by atoms with E-state index < -0.39 is 29.6 Å². The highest BCUT2D eigenvalue weighted by Crippen LogP contribution is 2.57. The Hall–Kier alpha value is -2.38. The number of esters is 1. The van der Waals surface area contributed by atoms with Crippen LogP contribution in [-0.2, 0) is 19.0 Å². The number of methoxy groups -OCH3 is 1. The van der Waals surface area contributed by atoms with Gasteiger partial charge in [-0.25, -0.2) is 4.79 Å². The molecule has 24 heavy (non-hydrogen) atoms. The molecule has 126 valence electrons. The monoisotopic (exact) mass is 332 g/mol. The van der Waals surface area contributed by atoms with Gasteiger partial charge in [0.2, 0.25) is 6.29 Å². The van der Waals surface area contributed by atoms with E-state index in [1.54, 1.807) is 12.1 Å². The molecule has 4 unspecified atom stereocenters. The van der Waals surface area contributed by atoms with E-state index in [1.165, 1.54) is 20.1 Å². The lowest BCUT2D eigenvalue weighted by Crippen LogP contribution is -2.30. The Morgan fingerprint density at radius 2 is 2.08 bits per heavy atom. The first-order valence-electron chi connectivity index (χ1n) is 7.54. The maximum Gasteiger partial charge on any atom is 0.336 e. The number of carbonyl (C=O) groups excluding carboxylic acids is 1. The number of ether oxygens (including phenoxy) is 4. The lowest BCUT2D eigenvalue weighted by Gasteiger charge is -2.21. The van der Waals surface area contributed by atoms with Gasteiger partial charge in [-0.3, -0.25) is 4.79 Å². The van der Waals surface area contributed by atoms with Crippen molar-refractivity contribution in [2.45, 2.75) is 37.9 Å². The van der Waals surface area contributed by atoms with Gasteiger partial charge < -0.3 is 23.4 Å². The zero-order chi connectivity index (χ0) is 17.1. The normalized spacial score (nSPS) is 30.9. The topological polar surface area (TPSA) is 87.5 Å². The molecule has 4 atom stereocenters. The van der Waals surface area contributed by atoms with Gasteiger partial charge in [0.1, 0.15) is 23.5 Å². The van der Waals surface area contributed by atoms with Crippen LogP contribution in [0.1, 0.15) is 25.5 Å². The summed E-state index contributed by atoms with van der Waals surface area (Å²) >= 11 is 0. The molecule has 0 aliphatic carbocycles. The molecule has 7 nitrogen and oxygen atoms in total. The molecule has 2 fully saturated rings. The molecule has 0 spiro atoms. The number of benzene rings is 1. The first-order chi connectivity index (χ1) is 11.4. The summed E-state index contributed by atoms with van der Waals surface area (Å²) in [5.41, 5.74) is 0.0984. The summed E-state index contributed by atoms with van der Waals surface area (Å²) in [4.78, 5) is 22.6. The third-order valence-corrected chi connectivity index (χ3v) is 4.45. The number of epoxide rings is 1. The Morgan fingerprint density at radius 3 is 2.79 bits per heavy atom. The van der Waals surface area contributed by atoms with E-state index in [0.717, 1.165) is 10.9 Å². The summed E-state index contributed by atoms with van der Waals surface area (Å²) in [6.45, 7) is 3.17. The smallest absolute Gasteiger partial charge is 0.336 e. The zero-order valence-electron chi connectivity index (χ0n) is 13.4. The predicted molar refractivity (Wildman–Crippen MR) is 81.7 cm³/mol. The largest absolute Gasteiger partial charge is 0.496 e. The predicted octanol–water partition coefficient (Wildman–Crippen LogP) is 1.92. The molecule has 3 heterocycles. The van der Waals surface area contributed by atoms with Crippen LogP contribution in [0.2, 0.25) is 0 Å². The van der Waals surface area contributed by atoms with Gasteiger partial charge in [0.15, 0.2) is 5.60 Å². The van der Waals surface area contributed by atoms with Gasteiger partial charge in [-0.05, 0) is 19.1 Å². The molecular weight excluding hydrogens is 316 g/mol. The summed E-state index contributed by atoms with van der Waals surface area (Å²) in [7, 11) is 1.52. The maximum atomic E-state index is 11.4. The molecule has 0 saturated carbocycles. The molecule has 0 bridgehead atoms.